The summed E-state index contributed by atoms with van der Waals surface area (Å²) in [5, 5.41) is 4.14. The van der Waals surface area contributed by atoms with E-state index < -0.39 is 21.6 Å². The van der Waals surface area contributed by atoms with Crippen molar-refractivity contribution in [3.05, 3.63) is 59.4 Å². The molecule has 6 nitrogen and oxygen atoms in total. The smallest absolute Gasteiger partial charge is 0.221 e. The van der Waals surface area contributed by atoms with Gasteiger partial charge in [-0.15, -0.1) is 0 Å². The molecule has 2 N–H and O–H groups in total. The van der Waals surface area contributed by atoms with Gasteiger partial charge in [-0.1, -0.05) is 30.3 Å². The molecular formula is C17H16FN3O3S. The number of nitrogens with zero attached hydrogens (tertiary/aromatic N) is 2. The van der Waals surface area contributed by atoms with Crippen LogP contribution in [-0.2, 0) is 33.9 Å². The molecule has 0 aliphatic carbocycles. The average molecular weight is 361 g/mol. The average Bonchev–Trinajstić information content (AvgIpc) is 2.85. The number of carbonyl (C=O) groups is 1. The molecule has 0 aliphatic heterocycles. The van der Waals surface area contributed by atoms with Gasteiger partial charge < -0.3 is 5.73 Å². The number of carbonyl (C=O) groups excluding carboxylic acids is 1. The van der Waals surface area contributed by atoms with Gasteiger partial charge in [0.2, 0.25) is 15.7 Å². The van der Waals surface area contributed by atoms with Crippen LogP contribution in [0.1, 0.15) is 11.1 Å². The summed E-state index contributed by atoms with van der Waals surface area (Å²) in [6.07, 6.45) is -0.270. The first-order valence-corrected chi connectivity index (χ1v) is 9.13. The van der Waals surface area contributed by atoms with E-state index in [1.54, 1.807) is 30.3 Å². The Kier molecular flexibility index (Phi) is 4.30. The van der Waals surface area contributed by atoms with Crippen LogP contribution in [0.4, 0.5) is 4.39 Å². The van der Waals surface area contributed by atoms with Crippen LogP contribution in [0.25, 0.3) is 10.9 Å². The van der Waals surface area contributed by atoms with Crippen molar-refractivity contribution < 1.29 is 17.6 Å². The second-order valence-corrected chi connectivity index (χ2v) is 7.68. The molecule has 1 amide bonds. The largest absolute Gasteiger partial charge is 0.369 e. The molecule has 25 heavy (non-hydrogen) atoms. The van der Waals surface area contributed by atoms with Crippen LogP contribution in [0.15, 0.2) is 47.5 Å². The molecule has 2 aromatic carbocycles. The molecule has 1 heterocycles. The molecule has 8 heteroatoms. The fourth-order valence-corrected chi connectivity index (χ4v) is 4.36. The van der Waals surface area contributed by atoms with E-state index in [9.17, 15) is 17.6 Å². The lowest BCUT2D eigenvalue weighted by atomic mass is 10.1. The van der Waals surface area contributed by atoms with Crippen molar-refractivity contribution in [1.29, 1.82) is 0 Å². The molecule has 0 fully saturated rings. The number of benzene rings is 2. The van der Waals surface area contributed by atoms with Crippen molar-refractivity contribution in [2.45, 2.75) is 17.2 Å². The first-order chi connectivity index (χ1) is 11.8. The second kappa shape index (κ2) is 6.29. The molecule has 0 unspecified atom stereocenters. The van der Waals surface area contributed by atoms with Crippen molar-refractivity contribution in [3.8, 4) is 0 Å². The highest BCUT2D eigenvalue weighted by Crippen LogP contribution is 2.29. The minimum absolute atomic E-state index is 0.176. The minimum Gasteiger partial charge on any atom is -0.369 e. The van der Waals surface area contributed by atoms with Crippen molar-refractivity contribution >= 4 is 26.6 Å². The number of rotatable bonds is 5. The number of amides is 1. The number of halogens is 1. The van der Waals surface area contributed by atoms with Gasteiger partial charge in [-0.05, 0) is 23.3 Å². The monoisotopic (exact) mass is 361 g/mol. The molecule has 3 rings (SSSR count). The third-order valence-corrected chi connectivity index (χ3v) is 5.41. The molecule has 0 saturated heterocycles. The van der Waals surface area contributed by atoms with Crippen LogP contribution in [0, 0.1) is 5.82 Å². The molecule has 0 aliphatic rings. The summed E-state index contributed by atoms with van der Waals surface area (Å²) >= 11 is 0. The number of nitrogens with two attached hydrogens (primary N) is 1. The Labute approximate surface area is 144 Å². The normalized spacial score (nSPS) is 11.8. The summed E-state index contributed by atoms with van der Waals surface area (Å²) in [6.45, 7) is 0. The molecule has 3 aromatic rings. The van der Waals surface area contributed by atoms with E-state index in [1.807, 2.05) is 0 Å². The molecule has 0 spiro atoms. The highest BCUT2D eigenvalue weighted by Gasteiger charge is 2.26. The van der Waals surface area contributed by atoms with Crippen molar-refractivity contribution in [3.63, 3.8) is 0 Å². The SMILES string of the molecule is Cn1nc(S(=O)(=O)Cc2ccccc2)c2c(CC(N)=O)cc(F)cc21. The van der Waals surface area contributed by atoms with Crippen molar-refractivity contribution in [1.82, 2.24) is 9.78 Å². The van der Waals surface area contributed by atoms with E-state index in [-0.39, 0.29) is 28.1 Å². The fourth-order valence-electron chi connectivity index (χ4n) is 2.80. The number of hydrogen-bond acceptors (Lipinski definition) is 4. The molecule has 0 atom stereocenters. The first-order valence-electron chi connectivity index (χ1n) is 7.48. The van der Waals surface area contributed by atoms with Gasteiger partial charge in [-0.2, -0.15) is 5.10 Å². The summed E-state index contributed by atoms with van der Waals surface area (Å²) in [5.41, 5.74) is 6.33. The van der Waals surface area contributed by atoms with E-state index in [0.717, 1.165) is 6.07 Å². The van der Waals surface area contributed by atoms with Crippen LogP contribution in [0.3, 0.4) is 0 Å². The molecular weight excluding hydrogens is 345 g/mol. The number of fused-ring (bicyclic) bond motifs is 1. The number of primary amides is 1. The molecule has 0 radical (unpaired) electrons. The fraction of sp³-hybridized carbons (Fsp3) is 0.176. The Hall–Kier alpha value is -2.74. The lowest BCUT2D eigenvalue weighted by Gasteiger charge is -2.06. The Morgan fingerprint density at radius 1 is 1.24 bits per heavy atom. The maximum absolute atomic E-state index is 13.8. The van der Waals surface area contributed by atoms with E-state index in [2.05, 4.69) is 5.10 Å². The van der Waals surface area contributed by atoms with Gasteiger partial charge in [0.15, 0.2) is 5.03 Å². The standard InChI is InChI=1S/C17H16FN3O3S/c1-21-14-9-13(18)7-12(8-15(19)22)16(14)17(20-21)25(23,24)10-11-5-3-2-4-6-11/h2-7,9H,8,10H2,1H3,(H2,19,22). The van der Waals surface area contributed by atoms with Crippen molar-refractivity contribution in [2.24, 2.45) is 12.8 Å². The van der Waals surface area contributed by atoms with E-state index in [0.29, 0.717) is 11.1 Å². The van der Waals surface area contributed by atoms with Gasteiger partial charge in [-0.3, -0.25) is 9.48 Å². The summed E-state index contributed by atoms with van der Waals surface area (Å²) < 4.78 is 40.9. The van der Waals surface area contributed by atoms with E-state index >= 15 is 0 Å². The third-order valence-electron chi connectivity index (χ3n) is 3.83. The second-order valence-electron chi connectivity index (χ2n) is 5.78. The molecule has 1 aromatic heterocycles. The predicted octanol–water partition coefficient (Wildman–Crippen LogP) is 1.71. The van der Waals surface area contributed by atoms with Crippen molar-refractivity contribution in [2.75, 3.05) is 0 Å². The number of sulfone groups is 1. The van der Waals surface area contributed by atoms with Crippen LogP contribution in [-0.4, -0.2) is 24.1 Å². The Balaban J connectivity index is 2.20. The lowest BCUT2D eigenvalue weighted by molar-refractivity contribution is -0.117. The molecule has 0 saturated carbocycles. The molecule has 0 bridgehead atoms. The van der Waals surface area contributed by atoms with Gasteiger partial charge in [-0.25, -0.2) is 12.8 Å². The third kappa shape index (κ3) is 3.39. The van der Waals surface area contributed by atoms with E-state index in [1.165, 1.54) is 17.8 Å². The zero-order valence-corrected chi connectivity index (χ0v) is 14.3. The number of aryl methyl sites for hydroxylation is 1. The topological polar surface area (TPSA) is 95.1 Å². The zero-order valence-electron chi connectivity index (χ0n) is 13.4. The highest BCUT2D eigenvalue weighted by molar-refractivity contribution is 7.90. The summed E-state index contributed by atoms with van der Waals surface area (Å²) in [5.74, 6) is -1.51. The van der Waals surface area contributed by atoms with Gasteiger partial charge in [0.25, 0.3) is 0 Å². The van der Waals surface area contributed by atoms with Crippen LogP contribution in [0.5, 0.6) is 0 Å². The predicted molar refractivity (Wildman–Crippen MR) is 90.9 cm³/mol. The van der Waals surface area contributed by atoms with E-state index in [4.69, 9.17) is 5.73 Å². The van der Waals surface area contributed by atoms with Gasteiger partial charge in [0.1, 0.15) is 5.82 Å². The molecule has 130 valence electrons. The first kappa shape index (κ1) is 17.1. The van der Waals surface area contributed by atoms with Crippen LogP contribution < -0.4 is 5.73 Å². The maximum Gasteiger partial charge on any atom is 0.221 e. The van der Waals surface area contributed by atoms with Crippen LogP contribution >= 0.6 is 0 Å². The lowest BCUT2D eigenvalue weighted by Crippen LogP contribution is -2.14. The highest BCUT2D eigenvalue weighted by atomic mass is 32.2. The van der Waals surface area contributed by atoms with Gasteiger partial charge >= 0.3 is 0 Å². The Bertz CT molecular complexity index is 1060. The number of aromatic nitrogens is 2. The summed E-state index contributed by atoms with van der Waals surface area (Å²) in [4.78, 5) is 11.3. The maximum atomic E-state index is 13.8. The quantitative estimate of drug-likeness (QED) is 0.748. The number of hydrogen-bond donors (Lipinski definition) is 1. The van der Waals surface area contributed by atoms with Gasteiger partial charge in [0, 0.05) is 12.4 Å². The zero-order chi connectivity index (χ0) is 18.2. The summed E-state index contributed by atoms with van der Waals surface area (Å²) in [7, 11) is -2.27. The summed E-state index contributed by atoms with van der Waals surface area (Å²) in [6, 6.07) is 11.0. The Morgan fingerprint density at radius 3 is 2.56 bits per heavy atom. The van der Waals surface area contributed by atoms with Gasteiger partial charge in [0.05, 0.1) is 17.7 Å². The minimum atomic E-state index is -3.80. The van der Waals surface area contributed by atoms with Crippen LogP contribution in [0.2, 0.25) is 0 Å². The Morgan fingerprint density at radius 2 is 1.92 bits per heavy atom.